The molecular formula is C20H33IN6O. The molecule has 28 heavy (non-hydrogen) atoms. The minimum absolute atomic E-state index is 0. The van der Waals surface area contributed by atoms with E-state index < -0.39 is 0 Å². The van der Waals surface area contributed by atoms with Gasteiger partial charge in [-0.1, -0.05) is 38.1 Å². The lowest BCUT2D eigenvalue weighted by atomic mass is 10.1. The van der Waals surface area contributed by atoms with Gasteiger partial charge in [0, 0.05) is 32.7 Å². The first-order valence-electron chi connectivity index (χ1n) is 9.81. The van der Waals surface area contributed by atoms with Crippen molar-refractivity contribution in [3.05, 3.63) is 47.5 Å². The highest BCUT2D eigenvalue weighted by molar-refractivity contribution is 14.0. The Balaban J connectivity index is 0.00000392. The van der Waals surface area contributed by atoms with Gasteiger partial charge in [-0.25, -0.2) is 4.99 Å². The topological polar surface area (TPSA) is 76.4 Å². The molecule has 0 unspecified atom stereocenters. The molecule has 0 aliphatic carbocycles. The van der Waals surface area contributed by atoms with E-state index in [9.17, 15) is 0 Å². The van der Waals surface area contributed by atoms with Crippen molar-refractivity contribution in [3.63, 3.8) is 0 Å². The van der Waals surface area contributed by atoms with Crippen molar-refractivity contribution in [1.82, 2.24) is 25.4 Å². The Morgan fingerprint density at radius 1 is 1.14 bits per heavy atom. The van der Waals surface area contributed by atoms with E-state index in [0.717, 1.165) is 50.9 Å². The molecule has 2 aromatic rings. The molecule has 2 rings (SSSR count). The number of hydrogen-bond donors (Lipinski definition) is 2. The standard InChI is InChI=1S/C20H32N6O.HI/c1-4-13-27-15-18-10-8-7-9-17(18)14-23-20(21-6-3)22-11-12-26-16-24-25-19(26)5-2;/h7-10,16H,4-6,11-15H2,1-3H3,(H2,21,22,23);1H. The number of guanidine groups is 1. The maximum Gasteiger partial charge on any atom is 0.191 e. The van der Waals surface area contributed by atoms with Crippen molar-refractivity contribution in [2.75, 3.05) is 19.7 Å². The molecule has 1 aromatic carbocycles. The van der Waals surface area contributed by atoms with Gasteiger partial charge in [-0.3, -0.25) is 0 Å². The highest BCUT2D eigenvalue weighted by Gasteiger charge is 2.04. The van der Waals surface area contributed by atoms with E-state index in [4.69, 9.17) is 9.73 Å². The van der Waals surface area contributed by atoms with E-state index in [-0.39, 0.29) is 24.0 Å². The summed E-state index contributed by atoms with van der Waals surface area (Å²) in [5, 5.41) is 14.8. The molecule has 0 atom stereocenters. The summed E-state index contributed by atoms with van der Waals surface area (Å²) in [6.45, 7) is 10.7. The first kappa shape index (κ1) is 24.4. The first-order valence-corrected chi connectivity index (χ1v) is 9.81. The number of aliphatic imine (C=N–C) groups is 1. The van der Waals surface area contributed by atoms with Gasteiger partial charge < -0.3 is 19.9 Å². The summed E-state index contributed by atoms with van der Waals surface area (Å²) < 4.78 is 7.76. The Kier molecular flexibility index (Phi) is 12.5. The van der Waals surface area contributed by atoms with Gasteiger partial charge in [0.1, 0.15) is 12.2 Å². The van der Waals surface area contributed by atoms with Crippen LogP contribution in [0, 0.1) is 0 Å². The maximum absolute atomic E-state index is 5.70. The second kappa shape index (κ2) is 14.3. The summed E-state index contributed by atoms with van der Waals surface area (Å²) in [6, 6.07) is 8.32. The molecule has 2 N–H and O–H groups in total. The van der Waals surface area contributed by atoms with Crippen LogP contribution in [0.5, 0.6) is 0 Å². The predicted octanol–water partition coefficient (Wildman–Crippen LogP) is 3.14. The van der Waals surface area contributed by atoms with E-state index in [1.165, 1.54) is 11.1 Å². The molecular weight excluding hydrogens is 467 g/mol. The predicted molar refractivity (Wildman–Crippen MR) is 124 cm³/mol. The van der Waals surface area contributed by atoms with Crippen LogP contribution in [0.1, 0.15) is 44.1 Å². The molecule has 156 valence electrons. The fourth-order valence-corrected chi connectivity index (χ4v) is 2.72. The summed E-state index contributed by atoms with van der Waals surface area (Å²) in [4.78, 5) is 4.73. The Bertz CT molecular complexity index is 704. The van der Waals surface area contributed by atoms with Crippen LogP contribution in [0.3, 0.4) is 0 Å². The average Bonchev–Trinajstić information content (AvgIpc) is 3.14. The van der Waals surface area contributed by atoms with E-state index in [1.54, 1.807) is 6.33 Å². The molecule has 7 nitrogen and oxygen atoms in total. The van der Waals surface area contributed by atoms with Crippen LogP contribution in [0.4, 0.5) is 0 Å². The fraction of sp³-hybridized carbons (Fsp3) is 0.550. The molecule has 0 saturated carbocycles. The van der Waals surface area contributed by atoms with Gasteiger partial charge >= 0.3 is 0 Å². The van der Waals surface area contributed by atoms with Crippen molar-refractivity contribution in [2.24, 2.45) is 4.99 Å². The van der Waals surface area contributed by atoms with Crippen LogP contribution >= 0.6 is 24.0 Å². The molecule has 0 spiro atoms. The molecule has 0 amide bonds. The van der Waals surface area contributed by atoms with Crippen molar-refractivity contribution in [3.8, 4) is 0 Å². The van der Waals surface area contributed by atoms with Gasteiger partial charge in [0.25, 0.3) is 0 Å². The fourth-order valence-electron chi connectivity index (χ4n) is 2.72. The summed E-state index contributed by atoms with van der Waals surface area (Å²) in [5.74, 6) is 1.81. The van der Waals surface area contributed by atoms with Gasteiger partial charge in [-0.05, 0) is 24.5 Å². The number of nitrogens with one attached hydrogen (secondary N) is 2. The van der Waals surface area contributed by atoms with Gasteiger partial charge in [0.15, 0.2) is 5.96 Å². The molecule has 0 aliphatic heterocycles. The molecule has 1 heterocycles. The minimum Gasteiger partial charge on any atom is -0.377 e. The Morgan fingerprint density at radius 3 is 2.64 bits per heavy atom. The van der Waals surface area contributed by atoms with Crippen LogP contribution in [-0.2, 0) is 30.9 Å². The van der Waals surface area contributed by atoms with Crippen LogP contribution in [-0.4, -0.2) is 40.4 Å². The summed E-state index contributed by atoms with van der Waals surface area (Å²) in [7, 11) is 0. The number of halogens is 1. The summed E-state index contributed by atoms with van der Waals surface area (Å²) in [6.07, 6.45) is 3.68. The van der Waals surface area contributed by atoms with Gasteiger partial charge in [-0.2, -0.15) is 0 Å². The first-order chi connectivity index (χ1) is 13.3. The average molecular weight is 500 g/mol. The quantitative estimate of drug-likeness (QED) is 0.215. The number of hydrogen-bond acceptors (Lipinski definition) is 4. The Morgan fingerprint density at radius 2 is 1.93 bits per heavy atom. The van der Waals surface area contributed by atoms with Gasteiger partial charge in [0.05, 0.1) is 13.2 Å². The molecule has 0 saturated heterocycles. The zero-order chi connectivity index (χ0) is 19.3. The summed E-state index contributed by atoms with van der Waals surface area (Å²) >= 11 is 0. The van der Waals surface area contributed by atoms with Crippen molar-refractivity contribution in [1.29, 1.82) is 0 Å². The van der Waals surface area contributed by atoms with E-state index in [1.807, 2.05) is 12.1 Å². The number of aromatic nitrogens is 3. The number of benzene rings is 1. The maximum atomic E-state index is 5.70. The number of aryl methyl sites for hydroxylation is 1. The number of ether oxygens (including phenoxy) is 1. The normalized spacial score (nSPS) is 11.2. The zero-order valence-electron chi connectivity index (χ0n) is 17.1. The molecule has 0 radical (unpaired) electrons. The lowest BCUT2D eigenvalue weighted by molar-refractivity contribution is 0.121. The molecule has 0 aliphatic rings. The molecule has 8 heteroatoms. The third-order valence-corrected chi connectivity index (χ3v) is 4.13. The number of rotatable bonds is 11. The second-order valence-corrected chi connectivity index (χ2v) is 6.24. The Hall–Kier alpha value is -1.68. The highest BCUT2D eigenvalue weighted by atomic mass is 127. The van der Waals surface area contributed by atoms with Crippen LogP contribution in [0.2, 0.25) is 0 Å². The third kappa shape index (κ3) is 8.14. The van der Waals surface area contributed by atoms with E-state index >= 15 is 0 Å². The second-order valence-electron chi connectivity index (χ2n) is 6.24. The van der Waals surface area contributed by atoms with Crippen molar-refractivity contribution >= 4 is 29.9 Å². The number of nitrogens with zero attached hydrogens (tertiary/aromatic N) is 4. The van der Waals surface area contributed by atoms with Crippen LogP contribution < -0.4 is 10.6 Å². The van der Waals surface area contributed by atoms with Crippen LogP contribution in [0.25, 0.3) is 0 Å². The summed E-state index contributed by atoms with van der Waals surface area (Å²) in [5.41, 5.74) is 2.39. The molecule has 0 fully saturated rings. The van der Waals surface area contributed by atoms with Crippen molar-refractivity contribution in [2.45, 2.75) is 53.3 Å². The van der Waals surface area contributed by atoms with E-state index in [2.05, 4.69) is 58.3 Å². The highest BCUT2D eigenvalue weighted by Crippen LogP contribution is 2.11. The SMILES string of the molecule is CCCOCc1ccccc1CN=C(NCC)NCCn1cnnc1CC.I. The largest absolute Gasteiger partial charge is 0.377 e. The van der Waals surface area contributed by atoms with Crippen molar-refractivity contribution < 1.29 is 4.74 Å². The molecule has 0 bridgehead atoms. The third-order valence-electron chi connectivity index (χ3n) is 4.13. The Labute approximate surface area is 185 Å². The monoisotopic (exact) mass is 500 g/mol. The van der Waals surface area contributed by atoms with E-state index in [0.29, 0.717) is 13.2 Å². The molecule has 1 aromatic heterocycles. The zero-order valence-corrected chi connectivity index (χ0v) is 19.5. The minimum atomic E-state index is 0. The smallest absolute Gasteiger partial charge is 0.191 e. The van der Waals surface area contributed by atoms with Gasteiger partial charge in [0.2, 0.25) is 0 Å². The lowest BCUT2D eigenvalue weighted by Crippen LogP contribution is -2.39. The van der Waals surface area contributed by atoms with Crippen LogP contribution in [0.15, 0.2) is 35.6 Å². The lowest BCUT2D eigenvalue weighted by Gasteiger charge is -2.13. The van der Waals surface area contributed by atoms with Gasteiger partial charge in [-0.15, -0.1) is 34.2 Å².